The molecule has 0 saturated carbocycles. The number of rotatable bonds is 2. The van der Waals surface area contributed by atoms with Crippen LogP contribution in [0.2, 0.25) is 0 Å². The van der Waals surface area contributed by atoms with Gasteiger partial charge < -0.3 is 10.1 Å². The van der Waals surface area contributed by atoms with Gasteiger partial charge >= 0.3 is 0 Å². The zero-order valence-electron chi connectivity index (χ0n) is 8.13. The summed E-state index contributed by atoms with van der Waals surface area (Å²) in [5.74, 6) is 0.967. The van der Waals surface area contributed by atoms with Crippen molar-refractivity contribution < 1.29 is 4.74 Å². The summed E-state index contributed by atoms with van der Waals surface area (Å²) in [7, 11) is 0. The third-order valence-electron chi connectivity index (χ3n) is 2.38. The summed E-state index contributed by atoms with van der Waals surface area (Å²) in [5.41, 5.74) is 1.28. The summed E-state index contributed by atoms with van der Waals surface area (Å²) >= 11 is 0. The minimum atomic E-state index is 0.00918. The monoisotopic (exact) mass is 177 g/mol. The van der Waals surface area contributed by atoms with Crippen LogP contribution in [0.25, 0.3) is 0 Å². The molecule has 2 rings (SSSR count). The zero-order valence-corrected chi connectivity index (χ0v) is 8.13. The molecule has 1 aromatic rings. The van der Waals surface area contributed by atoms with Crippen LogP contribution in [0.15, 0.2) is 24.3 Å². The lowest BCUT2D eigenvalue weighted by atomic mass is 10.00. The minimum Gasteiger partial charge on any atom is -0.485 e. The number of ether oxygens (including phenoxy) is 1. The fourth-order valence-corrected chi connectivity index (χ4v) is 1.44. The van der Waals surface area contributed by atoms with Crippen LogP contribution in [0.4, 0.5) is 0 Å². The molecule has 1 aliphatic rings. The molecule has 0 radical (unpaired) electrons. The average molecular weight is 177 g/mol. The van der Waals surface area contributed by atoms with Crippen LogP contribution in [-0.4, -0.2) is 18.7 Å². The van der Waals surface area contributed by atoms with Crippen LogP contribution >= 0.6 is 0 Å². The van der Waals surface area contributed by atoms with Crippen LogP contribution in [0.3, 0.4) is 0 Å². The van der Waals surface area contributed by atoms with Crippen molar-refractivity contribution in [3.05, 3.63) is 29.8 Å². The molecule has 1 aliphatic heterocycles. The third-order valence-corrected chi connectivity index (χ3v) is 2.38. The molecule has 0 aliphatic carbocycles. The van der Waals surface area contributed by atoms with Gasteiger partial charge in [0.2, 0.25) is 0 Å². The van der Waals surface area contributed by atoms with Crippen molar-refractivity contribution in [3.8, 4) is 5.75 Å². The molecule has 1 saturated heterocycles. The summed E-state index contributed by atoms with van der Waals surface area (Å²) in [6, 6.07) is 8.20. The van der Waals surface area contributed by atoms with E-state index >= 15 is 0 Å². The first-order valence-electron chi connectivity index (χ1n) is 4.64. The third kappa shape index (κ3) is 1.83. The van der Waals surface area contributed by atoms with Gasteiger partial charge in [0.05, 0.1) is 0 Å². The van der Waals surface area contributed by atoms with E-state index in [1.807, 2.05) is 12.1 Å². The van der Waals surface area contributed by atoms with Crippen LogP contribution in [-0.2, 0) is 0 Å². The maximum absolute atomic E-state index is 5.83. The Balaban J connectivity index is 2.05. The molecular formula is C11H15NO. The van der Waals surface area contributed by atoms with Crippen molar-refractivity contribution in [2.45, 2.75) is 19.4 Å². The highest BCUT2D eigenvalue weighted by Crippen LogP contribution is 2.21. The van der Waals surface area contributed by atoms with Gasteiger partial charge in [-0.05, 0) is 26.0 Å². The van der Waals surface area contributed by atoms with Crippen LogP contribution in [0, 0.1) is 6.92 Å². The smallest absolute Gasteiger partial charge is 0.131 e. The van der Waals surface area contributed by atoms with E-state index in [1.165, 1.54) is 5.56 Å². The van der Waals surface area contributed by atoms with E-state index in [-0.39, 0.29) is 5.60 Å². The van der Waals surface area contributed by atoms with Crippen LogP contribution < -0.4 is 10.1 Å². The highest BCUT2D eigenvalue weighted by atomic mass is 16.5. The number of benzene rings is 1. The van der Waals surface area contributed by atoms with Crippen molar-refractivity contribution in [1.82, 2.24) is 5.32 Å². The summed E-state index contributed by atoms with van der Waals surface area (Å²) in [6.07, 6.45) is 0. The average Bonchev–Trinajstić information content (AvgIpc) is 2.06. The highest BCUT2D eigenvalue weighted by Gasteiger charge is 2.33. The number of hydrogen-bond acceptors (Lipinski definition) is 2. The first kappa shape index (κ1) is 8.57. The van der Waals surface area contributed by atoms with E-state index < -0.39 is 0 Å². The standard InChI is InChI=1S/C11H15NO/c1-9-3-5-10(6-4-9)13-11(2)7-12-8-11/h3-6,12H,7-8H2,1-2H3. The minimum absolute atomic E-state index is 0.00918. The Hall–Kier alpha value is -1.02. The summed E-state index contributed by atoms with van der Waals surface area (Å²) < 4.78 is 5.83. The summed E-state index contributed by atoms with van der Waals surface area (Å²) in [4.78, 5) is 0. The highest BCUT2D eigenvalue weighted by molar-refractivity contribution is 5.27. The van der Waals surface area contributed by atoms with Crippen molar-refractivity contribution in [2.24, 2.45) is 0 Å². The first-order valence-corrected chi connectivity index (χ1v) is 4.64. The summed E-state index contributed by atoms with van der Waals surface area (Å²) in [6.45, 7) is 6.10. The van der Waals surface area contributed by atoms with E-state index in [1.54, 1.807) is 0 Å². The largest absolute Gasteiger partial charge is 0.485 e. The van der Waals surface area contributed by atoms with Crippen LogP contribution in [0.5, 0.6) is 5.75 Å². The van der Waals surface area contributed by atoms with Gasteiger partial charge in [-0.1, -0.05) is 17.7 Å². The number of nitrogens with one attached hydrogen (secondary N) is 1. The van der Waals surface area contributed by atoms with E-state index in [2.05, 4.69) is 31.3 Å². The molecule has 0 atom stereocenters. The Kier molecular flexibility index (Phi) is 2.00. The molecule has 70 valence electrons. The fraction of sp³-hybridized carbons (Fsp3) is 0.455. The Bertz CT molecular complexity index is 287. The Labute approximate surface area is 78.9 Å². The molecule has 1 fully saturated rings. The van der Waals surface area contributed by atoms with Crippen LogP contribution in [0.1, 0.15) is 12.5 Å². The predicted octanol–water partition coefficient (Wildman–Crippen LogP) is 1.74. The quantitative estimate of drug-likeness (QED) is 0.743. The Morgan fingerprint density at radius 2 is 1.85 bits per heavy atom. The van der Waals surface area contributed by atoms with Gasteiger partial charge in [0, 0.05) is 13.1 Å². The van der Waals surface area contributed by atoms with Gasteiger partial charge in [0.15, 0.2) is 0 Å². The maximum Gasteiger partial charge on any atom is 0.131 e. The molecule has 0 spiro atoms. The van der Waals surface area contributed by atoms with Crippen molar-refractivity contribution in [3.63, 3.8) is 0 Å². The SMILES string of the molecule is Cc1ccc(OC2(C)CNC2)cc1. The van der Waals surface area contributed by atoms with Gasteiger partial charge in [-0.3, -0.25) is 0 Å². The molecule has 0 unspecified atom stereocenters. The molecule has 2 heteroatoms. The molecule has 1 aromatic carbocycles. The molecule has 0 bridgehead atoms. The number of aryl methyl sites for hydroxylation is 1. The van der Waals surface area contributed by atoms with Crippen molar-refractivity contribution in [2.75, 3.05) is 13.1 Å². The lowest BCUT2D eigenvalue weighted by Crippen LogP contribution is -2.60. The van der Waals surface area contributed by atoms with Gasteiger partial charge in [-0.25, -0.2) is 0 Å². The molecule has 2 nitrogen and oxygen atoms in total. The van der Waals surface area contributed by atoms with Gasteiger partial charge in [0.1, 0.15) is 11.4 Å². The predicted molar refractivity (Wildman–Crippen MR) is 53.1 cm³/mol. The Morgan fingerprint density at radius 1 is 1.23 bits per heavy atom. The normalized spacial score (nSPS) is 19.2. The van der Waals surface area contributed by atoms with Gasteiger partial charge in [-0.15, -0.1) is 0 Å². The molecule has 1 heterocycles. The van der Waals surface area contributed by atoms with E-state index in [9.17, 15) is 0 Å². The number of hydrogen-bond donors (Lipinski definition) is 1. The maximum atomic E-state index is 5.83. The lowest BCUT2D eigenvalue weighted by Gasteiger charge is -2.39. The first-order chi connectivity index (χ1) is 6.18. The van der Waals surface area contributed by atoms with Crippen molar-refractivity contribution >= 4 is 0 Å². The zero-order chi connectivity index (χ0) is 9.31. The molecule has 0 aromatic heterocycles. The summed E-state index contributed by atoms with van der Waals surface area (Å²) in [5, 5.41) is 3.21. The van der Waals surface area contributed by atoms with E-state index in [0.717, 1.165) is 18.8 Å². The molecule has 1 N–H and O–H groups in total. The fourth-order valence-electron chi connectivity index (χ4n) is 1.44. The second-order valence-electron chi connectivity index (χ2n) is 3.97. The Morgan fingerprint density at radius 3 is 2.31 bits per heavy atom. The topological polar surface area (TPSA) is 21.3 Å². The van der Waals surface area contributed by atoms with Crippen molar-refractivity contribution in [1.29, 1.82) is 0 Å². The molecule has 13 heavy (non-hydrogen) atoms. The van der Waals surface area contributed by atoms with E-state index in [4.69, 9.17) is 4.74 Å². The second kappa shape index (κ2) is 3.04. The second-order valence-corrected chi connectivity index (χ2v) is 3.97. The van der Waals surface area contributed by atoms with Gasteiger partial charge in [-0.2, -0.15) is 0 Å². The lowest BCUT2D eigenvalue weighted by molar-refractivity contribution is 0.0349. The molecule has 0 amide bonds. The van der Waals surface area contributed by atoms with E-state index in [0.29, 0.717) is 0 Å². The van der Waals surface area contributed by atoms with Gasteiger partial charge in [0.25, 0.3) is 0 Å². The molecular weight excluding hydrogens is 162 g/mol.